The Morgan fingerprint density at radius 3 is 3.00 bits per heavy atom. The molecule has 0 aromatic heterocycles. The van der Waals surface area contributed by atoms with E-state index in [9.17, 15) is 4.79 Å². The highest BCUT2D eigenvalue weighted by molar-refractivity contribution is 5.76. The molecule has 4 nitrogen and oxygen atoms in total. The molecule has 1 aliphatic carbocycles. The van der Waals surface area contributed by atoms with Gasteiger partial charge in [0.15, 0.2) is 11.5 Å². The van der Waals surface area contributed by atoms with Gasteiger partial charge in [0.25, 0.3) is 0 Å². The third-order valence-corrected chi connectivity index (χ3v) is 4.90. The molecule has 1 unspecified atom stereocenters. The van der Waals surface area contributed by atoms with E-state index in [4.69, 9.17) is 9.47 Å². The molecule has 124 valence electrons. The minimum absolute atomic E-state index is 0.0934. The first-order chi connectivity index (χ1) is 11.8. The van der Waals surface area contributed by atoms with Gasteiger partial charge >= 0.3 is 0 Å². The maximum Gasteiger partial charge on any atom is 0.231 e. The zero-order valence-electron chi connectivity index (χ0n) is 13.6. The summed E-state index contributed by atoms with van der Waals surface area (Å²) in [6.07, 6.45) is 3.37. The molecule has 0 saturated heterocycles. The first kappa shape index (κ1) is 15.1. The van der Waals surface area contributed by atoms with Crippen LogP contribution in [0.3, 0.4) is 0 Å². The van der Waals surface area contributed by atoms with Crippen LogP contribution in [-0.4, -0.2) is 19.2 Å². The van der Waals surface area contributed by atoms with E-state index in [-0.39, 0.29) is 12.7 Å². The largest absolute Gasteiger partial charge is 0.454 e. The molecule has 2 aromatic rings. The molecule has 1 aliphatic heterocycles. The lowest BCUT2D eigenvalue weighted by molar-refractivity contribution is -0.121. The minimum atomic E-state index is 0.0934. The zero-order chi connectivity index (χ0) is 16.4. The quantitative estimate of drug-likeness (QED) is 0.919. The SMILES string of the molecule is O=C(CCc1cccc2c1OCO2)NCC1CCc2ccccc21. The summed E-state index contributed by atoms with van der Waals surface area (Å²) in [5, 5.41) is 3.09. The van der Waals surface area contributed by atoms with Crippen LogP contribution in [0.4, 0.5) is 0 Å². The van der Waals surface area contributed by atoms with Crippen molar-refractivity contribution in [3.05, 3.63) is 59.2 Å². The molecular formula is C20H21NO3. The number of ether oxygens (including phenoxy) is 2. The van der Waals surface area contributed by atoms with Crippen molar-refractivity contribution in [2.75, 3.05) is 13.3 Å². The van der Waals surface area contributed by atoms with E-state index in [0.717, 1.165) is 36.4 Å². The molecule has 1 atom stereocenters. The molecule has 0 fully saturated rings. The topological polar surface area (TPSA) is 47.6 Å². The smallest absolute Gasteiger partial charge is 0.231 e. The number of para-hydroxylation sites is 1. The zero-order valence-corrected chi connectivity index (χ0v) is 13.6. The third kappa shape index (κ3) is 2.96. The maximum absolute atomic E-state index is 12.2. The van der Waals surface area contributed by atoms with Crippen molar-refractivity contribution in [3.8, 4) is 11.5 Å². The van der Waals surface area contributed by atoms with Crippen molar-refractivity contribution >= 4 is 5.91 Å². The molecule has 0 radical (unpaired) electrons. The maximum atomic E-state index is 12.2. The fraction of sp³-hybridized carbons (Fsp3) is 0.350. The standard InChI is InChI=1S/C20H21NO3/c22-19(11-10-15-5-3-7-18-20(15)24-13-23-18)21-12-16-9-8-14-4-1-2-6-17(14)16/h1-7,16H,8-13H2,(H,21,22). The van der Waals surface area contributed by atoms with Crippen molar-refractivity contribution in [2.45, 2.75) is 31.6 Å². The number of nitrogens with one attached hydrogen (secondary N) is 1. The molecule has 0 bridgehead atoms. The van der Waals surface area contributed by atoms with Crippen molar-refractivity contribution in [1.82, 2.24) is 5.32 Å². The first-order valence-electron chi connectivity index (χ1n) is 8.53. The van der Waals surface area contributed by atoms with E-state index < -0.39 is 0 Å². The van der Waals surface area contributed by atoms with Gasteiger partial charge in [0.1, 0.15) is 0 Å². The van der Waals surface area contributed by atoms with E-state index >= 15 is 0 Å². The number of hydrogen-bond acceptors (Lipinski definition) is 3. The molecule has 0 saturated carbocycles. The van der Waals surface area contributed by atoms with Crippen LogP contribution in [0.25, 0.3) is 0 Å². The fourth-order valence-electron chi connectivity index (χ4n) is 3.62. The van der Waals surface area contributed by atoms with E-state index in [1.807, 2.05) is 18.2 Å². The number of aryl methyl sites for hydroxylation is 2. The van der Waals surface area contributed by atoms with Crippen LogP contribution in [-0.2, 0) is 17.6 Å². The van der Waals surface area contributed by atoms with Crippen molar-refractivity contribution in [1.29, 1.82) is 0 Å². The summed E-state index contributed by atoms with van der Waals surface area (Å²) in [5.74, 6) is 2.10. The lowest BCUT2D eigenvalue weighted by atomic mass is 10.0. The summed E-state index contributed by atoms with van der Waals surface area (Å²) in [6, 6.07) is 14.4. The number of hydrogen-bond donors (Lipinski definition) is 1. The average molecular weight is 323 g/mol. The lowest BCUT2D eigenvalue weighted by Gasteiger charge is -2.13. The highest BCUT2D eigenvalue weighted by Gasteiger charge is 2.22. The first-order valence-corrected chi connectivity index (χ1v) is 8.53. The van der Waals surface area contributed by atoms with Gasteiger partial charge in [0.05, 0.1) is 0 Å². The van der Waals surface area contributed by atoms with Crippen LogP contribution >= 0.6 is 0 Å². The van der Waals surface area contributed by atoms with Crippen LogP contribution in [0.5, 0.6) is 11.5 Å². The molecule has 1 heterocycles. The van der Waals surface area contributed by atoms with Gasteiger partial charge in [-0.05, 0) is 42.0 Å². The van der Waals surface area contributed by atoms with E-state index in [1.165, 1.54) is 11.1 Å². The van der Waals surface area contributed by atoms with Crippen LogP contribution in [0.2, 0.25) is 0 Å². The molecular weight excluding hydrogens is 302 g/mol. The Hall–Kier alpha value is -2.49. The molecule has 0 spiro atoms. The van der Waals surface area contributed by atoms with Crippen LogP contribution in [0.1, 0.15) is 35.4 Å². The second-order valence-corrected chi connectivity index (χ2v) is 6.39. The van der Waals surface area contributed by atoms with Crippen LogP contribution < -0.4 is 14.8 Å². The number of carbonyl (C=O) groups excluding carboxylic acids is 1. The predicted octanol–water partition coefficient (Wildman–Crippen LogP) is 3.19. The number of fused-ring (bicyclic) bond motifs is 2. The summed E-state index contributed by atoms with van der Waals surface area (Å²) in [7, 11) is 0. The van der Waals surface area contributed by atoms with Gasteiger partial charge in [-0.15, -0.1) is 0 Å². The summed E-state index contributed by atoms with van der Waals surface area (Å²) in [6.45, 7) is 0.988. The highest BCUT2D eigenvalue weighted by Crippen LogP contribution is 2.36. The fourth-order valence-corrected chi connectivity index (χ4v) is 3.62. The molecule has 24 heavy (non-hydrogen) atoms. The number of rotatable bonds is 5. The van der Waals surface area contributed by atoms with Crippen molar-refractivity contribution < 1.29 is 14.3 Å². The molecule has 1 N–H and O–H groups in total. The Bertz CT molecular complexity index is 756. The van der Waals surface area contributed by atoms with Crippen LogP contribution in [0, 0.1) is 0 Å². The van der Waals surface area contributed by atoms with Gasteiger partial charge in [-0.1, -0.05) is 36.4 Å². The number of amides is 1. The van der Waals surface area contributed by atoms with E-state index in [0.29, 0.717) is 18.8 Å². The molecule has 2 aromatic carbocycles. The van der Waals surface area contributed by atoms with Crippen molar-refractivity contribution in [2.24, 2.45) is 0 Å². The Labute approximate surface area is 141 Å². The van der Waals surface area contributed by atoms with Crippen LogP contribution in [0.15, 0.2) is 42.5 Å². The van der Waals surface area contributed by atoms with Gasteiger partial charge < -0.3 is 14.8 Å². The van der Waals surface area contributed by atoms with Gasteiger partial charge in [-0.2, -0.15) is 0 Å². The normalized spacial score (nSPS) is 17.6. The molecule has 2 aliphatic rings. The van der Waals surface area contributed by atoms with E-state index in [1.54, 1.807) is 0 Å². The minimum Gasteiger partial charge on any atom is -0.454 e. The Morgan fingerprint density at radius 2 is 2.04 bits per heavy atom. The Morgan fingerprint density at radius 1 is 1.12 bits per heavy atom. The average Bonchev–Trinajstić information content (AvgIpc) is 3.25. The second-order valence-electron chi connectivity index (χ2n) is 6.39. The van der Waals surface area contributed by atoms with Crippen molar-refractivity contribution in [3.63, 3.8) is 0 Å². The predicted molar refractivity (Wildman–Crippen MR) is 91.4 cm³/mol. The van der Waals surface area contributed by atoms with E-state index in [2.05, 4.69) is 29.6 Å². The third-order valence-electron chi connectivity index (χ3n) is 4.90. The Balaban J connectivity index is 1.30. The van der Waals surface area contributed by atoms with Gasteiger partial charge in [-0.25, -0.2) is 0 Å². The van der Waals surface area contributed by atoms with Gasteiger partial charge in [0.2, 0.25) is 12.7 Å². The summed E-state index contributed by atoms with van der Waals surface area (Å²) in [5.41, 5.74) is 3.85. The van der Waals surface area contributed by atoms with Gasteiger partial charge in [-0.3, -0.25) is 4.79 Å². The molecule has 4 heteroatoms. The highest BCUT2D eigenvalue weighted by atomic mass is 16.7. The Kier molecular flexibility index (Phi) is 4.11. The second kappa shape index (κ2) is 6.56. The number of carbonyl (C=O) groups is 1. The lowest BCUT2D eigenvalue weighted by Crippen LogP contribution is -2.27. The summed E-state index contributed by atoms with van der Waals surface area (Å²) in [4.78, 5) is 12.2. The summed E-state index contributed by atoms with van der Waals surface area (Å²) >= 11 is 0. The molecule has 4 rings (SSSR count). The molecule has 1 amide bonds. The van der Waals surface area contributed by atoms with Gasteiger partial charge in [0, 0.05) is 18.9 Å². The summed E-state index contributed by atoms with van der Waals surface area (Å²) < 4.78 is 10.9. The monoisotopic (exact) mass is 323 g/mol. The number of benzene rings is 2.